The summed E-state index contributed by atoms with van der Waals surface area (Å²) in [5.74, 6) is -0.648. The van der Waals surface area contributed by atoms with Gasteiger partial charge in [0.05, 0.1) is 25.3 Å². The molecule has 34 heavy (non-hydrogen) atoms. The Labute approximate surface area is 205 Å². The van der Waals surface area contributed by atoms with Crippen LogP contribution in [0.15, 0.2) is 5.38 Å². The molecule has 1 aromatic rings. The van der Waals surface area contributed by atoms with E-state index < -0.39 is 5.79 Å². The fourth-order valence-corrected chi connectivity index (χ4v) is 5.73. The maximum Gasteiger partial charge on any atom is 0.245 e. The maximum absolute atomic E-state index is 13.0. The molecule has 3 heterocycles. The molecule has 188 valence electrons. The summed E-state index contributed by atoms with van der Waals surface area (Å²) < 4.78 is 11.4. The van der Waals surface area contributed by atoms with Crippen LogP contribution in [0, 0.1) is 5.92 Å². The highest BCUT2D eigenvalue weighted by Crippen LogP contribution is 2.31. The van der Waals surface area contributed by atoms with E-state index in [1.165, 1.54) is 17.8 Å². The summed E-state index contributed by atoms with van der Waals surface area (Å²) in [6.07, 6.45) is 6.72. The van der Waals surface area contributed by atoms with E-state index >= 15 is 0 Å². The van der Waals surface area contributed by atoms with Crippen LogP contribution in [-0.2, 0) is 30.3 Å². The van der Waals surface area contributed by atoms with Gasteiger partial charge in [-0.1, -0.05) is 19.3 Å². The van der Waals surface area contributed by atoms with E-state index in [1.54, 1.807) is 10.3 Å². The van der Waals surface area contributed by atoms with Crippen LogP contribution >= 0.6 is 11.3 Å². The summed E-state index contributed by atoms with van der Waals surface area (Å²) >= 11 is 1.30. The summed E-state index contributed by atoms with van der Waals surface area (Å²) in [7, 11) is 0. The summed E-state index contributed by atoms with van der Waals surface area (Å²) in [4.78, 5) is 46.3. The molecule has 1 spiro atoms. The van der Waals surface area contributed by atoms with Crippen LogP contribution in [0.3, 0.4) is 0 Å². The average Bonchev–Trinajstić information content (AvgIpc) is 3.47. The standard InChI is InChI=1S/C24H36N4O5S/c1-17(2)28(22(31)18-6-4-3-5-7-18)15-20(29)26-23-25-19(16-34-23)14-21(30)27-10-8-24(9-11-27)32-12-13-33-24/h16-18H,3-15H2,1-2H3,(H,25,26,29). The van der Waals surface area contributed by atoms with Gasteiger partial charge < -0.3 is 24.6 Å². The van der Waals surface area contributed by atoms with Crippen molar-refractivity contribution in [1.29, 1.82) is 0 Å². The Morgan fingerprint density at radius 3 is 2.50 bits per heavy atom. The van der Waals surface area contributed by atoms with Crippen LogP contribution in [0.25, 0.3) is 0 Å². The number of nitrogens with zero attached hydrogens (tertiary/aromatic N) is 3. The number of hydrogen-bond donors (Lipinski definition) is 1. The molecular weight excluding hydrogens is 456 g/mol. The number of piperidine rings is 1. The Hall–Kier alpha value is -2.04. The Balaban J connectivity index is 1.26. The quantitative estimate of drug-likeness (QED) is 0.628. The molecule has 0 bridgehead atoms. The molecule has 1 aromatic heterocycles. The lowest BCUT2D eigenvalue weighted by Crippen LogP contribution is -2.47. The van der Waals surface area contributed by atoms with Gasteiger partial charge >= 0.3 is 0 Å². The van der Waals surface area contributed by atoms with Gasteiger partial charge in [0.15, 0.2) is 10.9 Å². The summed E-state index contributed by atoms with van der Waals surface area (Å²) in [5, 5.41) is 5.06. The predicted molar refractivity (Wildman–Crippen MR) is 128 cm³/mol. The third-order valence-corrected chi connectivity index (χ3v) is 7.80. The number of carbonyl (C=O) groups excluding carboxylic acids is 3. The maximum atomic E-state index is 13.0. The Morgan fingerprint density at radius 1 is 1.18 bits per heavy atom. The van der Waals surface area contributed by atoms with E-state index in [2.05, 4.69) is 10.3 Å². The summed E-state index contributed by atoms with van der Waals surface area (Å²) in [6.45, 7) is 6.33. The minimum absolute atomic E-state index is 0.0140. The van der Waals surface area contributed by atoms with Crippen LogP contribution in [0.1, 0.15) is 64.5 Å². The molecule has 2 aliphatic heterocycles. The molecule has 1 saturated carbocycles. The Bertz CT molecular complexity index is 866. The van der Waals surface area contributed by atoms with E-state index in [0.29, 0.717) is 50.0 Å². The highest BCUT2D eigenvalue weighted by atomic mass is 32.1. The van der Waals surface area contributed by atoms with E-state index in [-0.39, 0.29) is 42.6 Å². The zero-order chi connectivity index (χ0) is 24.1. The number of thiazole rings is 1. The van der Waals surface area contributed by atoms with Crippen molar-refractivity contribution in [3.8, 4) is 0 Å². The van der Waals surface area contributed by atoms with Crippen molar-refractivity contribution in [2.45, 2.75) is 77.0 Å². The predicted octanol–water partition coefficient (Wildman–Crippen LogP) is 2.81. The number of carbonyl (C=O) groups is 3. The summed E-state index contributed by atoms with van der Waals surface area (Å²) in [5.41, 5.74) is 0.637. The largest absolute Gasteiger partial charge is 0.347 e. The monoisotopic (exact) mass is 492 g/mol. The molecule has 0 aromatic carbocycles. The van der Waals surface area contributed by atoms with Crippen molar-refractivity contribution < 1.29 is 23.9 Å². The average molecular weight is 493 g/mol. The normalized spacial score (nSPS) is 20.6. The van der Waals surface area contributed by atoms with Crippen molar-refractivity contribution in [3.63, 3.8) is 0 Å². The molecule has 10 heteroatoms. The second-order valence-electron chi connectivity index (χ2n) is 9.75. The first-order valence-corrected chi connectivity index (χ1v) is 13.3. The third kappa shape index (κ3) is 6.14. The molecule has 1 aliphatic carbocycles. The molecule has 2 saturated heterocycles. The molecule has 3 fully saturated rings. The lowest BCUT2D eigenvalue weighted by Gasteiger charge is -2.37. The number of nitrogens with one attached hydrogen (secondary N) is 1. The number of aromatic nitrogens is 1. The summed E-state index contributed by atoms with van der Waals surface area (Å²) in [6, 6.07) is -0.0478. The van der Waals surface area contributed by atoms with Crippen LogP contribution < -0.4 is 5.32 Å². The molecule has 3 amide bonds. The van der Waals surface area contributed by atoms with Gasteiger partial charge in [0.25, 0.3) is 0 Å². The van der Waals surface area contributed by atoms with Crippen molar-refractivity contribution >= 4 is 34.2 Å². The molecule has 1 N–H and O–H groups in total. The van der Waals surface area contributed by atoms with Crippen LogP contribution in [0.2, 0.25) is 0 Å². The SMILES string of the molecule is CC(C)N(CC(=O)Nc1nc(CC(=O)N2CCC3(CC2)OCCO3)cs1)C(=O)C1CCCCC1. The number of hydrogen-bond acceptors (Lipinski definition) is 7. The molecule has 0 atom stereocenters. The topological polar surface area (TPSA) is 101 Å². The lowest BCUT2D eigenvalue weighted by atomic mass is 9.88. The molecular formula is C24H36N4O5S. The van der Waals surface area contributed by atoms with Crippen molar-refractivity contribution in [3.05, 3.63) is 11.1 Å². The van der Waals surface area contributed by atoms with Gasteiger partial charge in [-0.3, -0.25) is 14.4 Å². The van der Waals surface area contributed by atoms with Gasteiger partial charge in [-0.15, -0.1) is 11.3 Å². The van der Waals surface area contributed by atoms with Gasteiger partial charge in [0.1, 0.15) is 6.54 Å². The lowest BCUT2D eigenvalue weighted by molar-refractivity contribution is -0.187. The molecule has 0 unspecified atom stereocenters. The second kappa shape index (κ2) is 11.1. The number of likely N-dealkylation sites (tertiary alicyclic amines) is 1. The van der Waals surface area contributed by atoms with Crippen molar-refractivity contribution in [2.24, 2.45) is 5.92 Å². The Kier molecular flexibility index (Phi) is 8.21. The highest BCUT2D eigenvalue weighted by Gasteiger charge is 2.40. The van der Waals surface area contributed by atoms with Crippen LogP contribution in [0.4, 0.5) is 5.13 Å². The van der Waals surface area contributed by atoms with E-state index in [4.69, 9.17) is 9.47 Å². The minimum atomic E-state index is -0.503. The number of amides is 3. The van der Waals surface area contributed by atoms with Gasteiger partial charge in [0, 0.05) is 43.3 Å². The van der Waals surface area contributed by atoms with Gasteiger partial charge in [-0.25, -0.2) is 4.98 Å². The molecule has 3 aliphatic rings. The number of rotatable bonds is 7. The second-order valence-corrected chi connectivity index (χ2v) is 10.6. The Morgan fingerprint density at radius 2 is 1.85 bits per heavy atom. The zero-order valence-corrected chi connectivity index (χ0v) is 21.0. The fourth-order valence-electron chi connectivity index (χ4n) is 5.01. The zero-order valence-electron chi connectivity index (χ0n) is 20.2. The molecule has 4 rings (SSSR count). The van der Waals surface area contributed by atoms with Gasteiger partial charge in [-0.2, -0.15) is 0 Å². The van der Waals surface area contributed by atoms with Crippen molar-refractivity contribution in [1.82, 2.24) is 14.8 Å². The highest BCUT2D eigenvalue weighted by molar-refractivity contribution is 7.13. The number of ether oxygens (including phenoxy) is 2. The first-order chi connectivity index (χ1) is 16.3. The van der Waals surface area contributed by atoms with Crippen LogP contribution in [0.5, 0.6) is 0 Å². The minimum Gasteiger partial charge on any atom is -0.347 e. The molecule has 0 radical (unpaired) electrons. The number of anilines is 1. The van der Waals surface area contributed by atoms with E-state index in [9.17, 15) is 14.4 Å². The van der Waals surface area contributed by atoms with E-state index in [0.717, 1.165) is 25.7 Å². The molecule has 9 nitrogen and oxygen atoms in total. The fraction of sp³-hybridized carbons (Fsp3) is 0.750. The van der Waals surface area contributed by atoms with Crippen molar-refractivity contribution in [2.75, 3.05) is 38.2 Å². The van der Waals surface area contributed by atoms with E-state index in [1.807, 2.05) is 18.7 Å². The van der Waals surface area contributed by atoms with Crippen LogP contribution in [-0.4, -0.2) is 77.2 Å². The van der Waals surface area contributed by atoms with Gasteiger partial charge in [0.2, 0.25) is 17.7 Å². The first-order valence-electron chi connectivity index (χ1n) is 12.5. The third-order valence-electron chi connectivity index (χ3n) is 7.00. The smallest absolute Gasteiger partial charge is 0.245 e. The first kappa shape index (κ1) is 25.1. The van der Waals surface area contributed by atoms with Gasteiger partial charge in [-0.05, 0) is 26.7 Å².